The Morgan fingerprint density at radius 2 is 2.23 bits per heavy atom. The Kier molecular flexibility index (Phi) is 4.23. The van der Waals surface area contributed by atoms with Crippen LogP contribution in [0.15, 0.2) is 28.0 Å². The van der Waals surface area contributed by atoms with E-state index >= 15 is 0 Å². The fourth-order valence-electron chi connectivity index (χ4n) is 4.79. The van der Waals surface area contributed by atoms with Gasteiger partial charge in [-0.05, 0) is 55.7 Å². The van der Waals surface area contributed by atoms with Crippen LogP contribution in [-0.4, -0.2) is 34.9 Å². The van der Waals surface area contributed by atoms with E-state index in [0.717, 1.165) is 17.6 Å². The SMILES string of the molecule is CC1=C2C(C[C@@H]1OC(=O)c1ccsc1)[C@](C)(O)CC[C@H]1[C@H](C)C(=O)O[C@H]21. The van der Waals surface area contributed by atoms with Crippen LogP contribution in [0.25, 0.3) is 0 Å². The van der Waals surface area contributed by atoms with Crippen molar-refractivity contribution in [3.8, 4) is 0 Å². The van der Waals surface area contributed by atoms with E-state index in [2.05, 4.69) is 0 Å². The van der Waals surface area contributed by atoms with Gasteiger partial charge in [0, 0.05) is 17.2 Å². The summed E-state index contributed by atoms with van der Waals surface area (Å²) in [6.07, 6.45) is 1.22. The molecule has 2 fully saturated rings. The molecule has 26 heavy (non-hydrogen) atoms. The average molecular weight is 376 g/mol. The molecule has 1 aliphatic heterocycles. The van der Waals surface area contributed by atoms with Crippen LogP contribution in [-0.2, 0) is 14.3 Å². The maximum absolute atomic E-state index is 12.4. The van der Waals surface area contributed by atoms with Gasteiger partial charge in [-0.1, -0.05) is 6.92 Å². The second-order valence-electron chi connectivity index (χ2n) is 8.04. The van der Waals surface area contributed by atoms with Gasteiger partial charge in [-0.3, -0.25) is 4.79 Å². The van der Waals surface area contributed by atoms with Crippen molar-refractivity contribution in [1.29, 1.82) is 0 Å². The first kappa shape index (κ1) is 17.7. The van der Waals surface area contributed by atoms with Crippen molar-refractivity contribution in [1.82, 2.24) is 0 Å². The highest BCUT2D eigenvalue weighted by molar-refractivity contribution is 7.08. The zero-order chi connectivity index (χ0) is 18.6. The van der Waals surface area contributed by atoms with Crippen molar-refractivity contribution in [2.45, 2.75) is 57.8 Å². The van der Waals surface area contributed by atoms with Gasteiger partial charge in [-0.15, -0.1) is 0 Å². The molecule has 0 radical (unpaired) electrons. The zero-order valence-electron chi connectivity index (χ0n) is 15.2. The summed E-state index contributed by atoms with van der Waals surface area (Å²) >= 11 is 1.45. The largest absolute Gasteiger partial charge is 0.457 e. The van der Waals surface area contributed by atoms with Gasteiger partial charge in [0.25, 0.3) is 0 Å². The molecular formula is C20H24O5S. The quantitative estimate of drug-likeness (QED) is 0.633. The minimum atomic E-state index is -0.892. The molecule has 0 aromatic carbocycles. The molecule has 1 saturated heterocycles. The number of rotatable bonds is 2. The lowest BCUT2D eigenvalue weighted by Gasteiger charge is -2.31. The van der Waals surface area contributed by atoms with E-state index in [0.29, 0.717) is 18.4 Å². The Hall–Kier alpha value is -1.66. The molecular weight excluding hydrogens is 352 g/mol. The molecule has 5 nitrogen and oxygen atoms in total. The van der Waals surface area contributed by atoms with Crippen LogP contribution in [0.2, 0.25) is 0 Å². The minimum absolute atomic E-state index is 0.0789. The third-order valence-corrected chi connectivity index (χ3v) is 7.14. The third-order valence-electron chi connectivity index (χ3n) is 6.46. The summed E-state index contributed by atoms with van der Waals surface area (Å²) in [5.74, 6) is -0.756. The second kappa shape index (κ2) is 6.20. The smallest absolute Gasteiger partial charge is 0.339 e. The van der Waals surface area contributed by atoms with Crippen molar-refractivity contribution >= 4 is 23.3 Å². The molecule has 1 saturated carbocycles. The average Bonchev–Trinajstić information content (AvgIpc) is 3.26. The first-order valence-corrected chi connectivity index (χ1v) is 10.1. The molecule has 2 aliphatic carbocycles. The normalized spacial score (nSPS) is 39.2. The van der Waals surface area contributed by atoms with E-state index in [9.17, 15) is 14.7 Å². The number of aliphatic hydroxyl groups is 1. The second-order valence-corrected chi connectivity index (χ2v) is 8.82. The maximum atomic E-state index is 12.4. The van der Waals surface area contributed by atoms with Gasteiger partial charge in [-0.25, -0.2) is 4.79 Å². The molecule has 6 heteroatoms. The fourth-order valence-corrected chi connectivity index (χ4v) is 5.42. The molecule has 0 bridgehead atoms. The first-order valence-electron chi connectivity index (χ1n) is 9.16. The number of hydrogen-bond donors (Lipinski definition) is 1. The van der Waals surface area contributed by atoms with E-state index in [4.69, 9.17) is 9.47 Å². The molecule has 0 spiro atoms. The van der Waals surface area contributed by atoms with E-state index in [1.165, 1.54) is 11.3 Å². The number of ether oxygens (including phenoxy) is 2. The highest BCUT2D eigenvalue weighted by Crippen LogP contribution is 2.52. The number of hydrogen-bond acceptors (Lipinski definition) is 6. The summed E-state index contributed by atoms with van der Waals surface area (Å²) in [5.41, 5.74) is 1.55. The summed E-state index contributed by atoms with van der Waals surface area (Å²) in [6.45, 7) is 5.69. The van der Waals surface area contributed by atoms with Crippen LogP contribution in [0.3, 0.4) is 0 Å². The zero-order valence-corrected chi connectivity index (χ0v) is 16.0. The molecule has 140 valence electrons. The van der Waals surface area contributed by atoms with Crippen molar-refractivity contribution in [3.05, 3.63) is 33.5 Å². The standard InChI is InChI=1S/C20H24O5S/c1-10-13-4-6-20(3,23)14-8-15(24-19(22)12-5-7-26-9-12)11(2)16(14)17(13)25-18(10)21/h5,7,9-10,13-15,17,23H,4,6,8H2,1-3H3/t10-,13-,14?,15-,17-,20+/m0/s1. The molecule has 1 aromatic rings. The van der Waals surface area contributed by atoms with Gasteiger partial charge in [0.1, 0.15) is 12.2 Å². The van der Waals surface area contributed by atoms with Gasteiger partial charge in [-0.2, -0.15) is 11.3 Å². The molecule has 2 heterocycles. The van der Waals surface area contributed by atoms with Gasteiger partial charge in [0.05, 0.1) is 17.1 Å². The van der Waals surface area contributed by atoms with Crippen LogP contribution in [0.5, 0.6) is 0 Å². The Labute approximate surface area is 157 Å². The molecule has 0 amide bonds. The molecule has 4 rings (SSSR count). The molecule has 1 unspecified atom stereocenters. The summed E-state index contributed by atoms with van der Waals surface area (Å²) in [4.78, 5) is 24.5. The van der Waals surface area contributed by atoms with Gasteiger partial charge >= 0.3 is 11.9 Å². The van der Waals surface area contributed by atoms with Crippen molar-refractivity contribution in [2.75, 3.05) is 0 Å². The molecule has 1 N–H and O–H groups in total. The van der Waals surface area contributed by atoms with E-state index in [-0.39, 0.29) is 41.9 Å². The van der Waals surface area contributed by atoms with Crippen molar-refractivity contribution in [3.63, 3.8) is 0 Å². The Balaban J connectivity index is 1.66. The van der Waals surface area contributed by atoms with E-state index in [1.807, 2.05) is 26.2 Å². The topological polar surface area (TPSA) is 72.8 Å². The predicted molar refractivity (Wildman–Crippen MR) is 96.7 cm³/mol. The van der Waals surface area contributed by atoms with Crippen molar-refractivity contribution < 1.29 is 24.2 Å². The van der Waals surface area contributed by atoms with E-state index < -0.39 is 5.60 Å². The number of esters is 2. The van der Waals surface area contributed by atoms with Crippen LogP contribution >= 0.6 is 11.3 Å². The number of carbonyl (C=O) groups is 2. The number of carbonyl (C=O) groups excluding carboxylic acids is 2. The van der Waals surface area contributed by atoms with Crippen LogP contribution in [0.1, 0.15) is 50.4 Å². The van der Waals surface area contributed by atoms with Gasteiger partial charge < -0.3 is 14.6 Å². The van der Waals surface area contributed by atoms with Gasteiger partial charge in [0.2, 0.25) is 0 Å². The number of fused-ring (bicyclic) bond motifs is 3. The summed E-state index contributed by atoms with van der Waals surface area (Å²) in [6, 6.07) is 1.75. The number of thiophene rings is 1. The third kappa shape index (κ3) is 2.70. The lowest BCUT2D eigenvalue weighted by molar-refractivity contribution is -0.143. The first-order chi connectivity index (χ1) is 12.3. The Morgan fingerprint density at radius 1 is 1.46 bits per heavy atom. The molecule has 1 aromatic heterocycles. The van der Waals surface area contributed by atoms with Crippen LogP contribution in [0, 0.1) is 17.8 Å². The predicted octanol–water partition coefficient (Wildman–Crippen LogP) is 3.33. The van der Waals surface area contributed by atoms with Gasteiger partial charge in [0.15, 0.2) is 0 Å². The van der Waals surface area contributed by atoms with Crippen LogP contribution < -0.4 is 0 Å². The minimum Gasteiger partial charge on any atom is -0.457 e. The van der Waals surface area contributed by atoms with Crippen molar-refractivity contribution in [2.24, 2.45) is 17.8 Å². The molecule has 3 aliphatic rings. The maximum Gasteiger partial charge on any atom is 0.339 e. The molecule has 6 atom stereocenters. The summed E-state index contributed by atoms with van der Waals surface area (Å²) in [5, 5.41) is 14.7. The lowest BCUT2D eigenvalue weighted by Crippen LogP contribution is -2.35. The summed E-state index contributed by atoms with van der Waals surface area (Å²) in [7, 11) is 0. The van der Waals surface area contributed by atoms with E-state index in [1.54, 1.807) is 11.4 Å². The highest BCUT2D eigenvalue weighted by atomic mass is 32.1. The Bertz CT molecular complexity index is 763. The summed E-state index contributed by atoms with van der Waals surface area (Å²) < 4.78 is 11.5. The van der Waals surface area contributed by atoms with Crippen LogP contribution in [0.4, 0.5) is 0 Å². The fraction of sp³-hybridized carbons (Fsp3) is 0.600. The highest BCUT2D eigenvalue weighted by Gasteiger charge is 2.55. The lowest BCUT2D eigenvalue weighted by atomic mass is 9.81. The Morgan fingerprint density at radius 3 is 2.92 bits per heavy atom. The monoisotopic (exact) mass is 376 g/mol.